The van der Waals surface area contributed by atoms with Gasteiger partial charge in [0.1, 0.15) is 12.2 Å². The molecule has 0 fully saturated rings. The minimum atomic E-state index is -1.25. The lowest BCUT2D eigenvalue weighted by atomic mass is 9.99. The Balaban J connectivity index is 3.52. The van der Waals surface area contributed by atoms with Gasteiger partial charge in [0.25, 0.3) is 0 Å². The summed E-state index contributed by atoms with van der Waals surface area (Å²) in [6.07, 6.45) is 59.0. The average Bonchev–Trinajstić information content (AvgIpc) is 3.28. The molecule has 0 aromatic rings. The van der Waals surface area contributed by atoms with Crippen molar-refractivity contribution in [3.63, 3.8) is 0 Å². The Hall–Kier alpha value is -0.690. The maximum absolute atomic E-state index is 12.6. The first-order valence-electron chi connectivity index (χ1n) is 28.4. The van der Waals surface area contributed by atoms with Gasteiger partial charge < -0.3 is 25.7 Å². The van der Waals surface area contributed by atoms with Crippen LogP contribution in [0.3, 0.4) is 0 Å². The van der Waals surface area contributed by atoms with Gasteiger partial charge in [0.2, 0.25) is 5.91 Å². The molecule has 372 valence electrons. The van der Waals surface area contributed by atoms with Crippen LogP contribution in [0.5, 0.6) is 0 Å². The van der Waals surface area contributed by atoms with E-state index < -0.39 is 36.9 Å². The fourth-order valence-electron chi connectivity index (χ4n) is 9.35. The molecule has 0 aromatic heterocycles. The molecule has 0 bridgehead atoms. The van der Waals surface area contributed by atoms with Crippen LogP contribution in [-0.4, -0.2) is 57.3 Å². The fourth-order valence-corrected chi connectivity index (χ4v) is 9.35. The number of unbranched alkanes of at least 4 members (excludes halogenated alkanes) is 44. The van der Waals surface area contributed by atoms with Crippen molar-refractivity contribution in [1.82, 2.24) is 5.32 Å². The average molecular weight is 881 g/mol. The minimum absolute atomic E-state index is 0.376. The minimum Gasteiger partial charge on any atom is -0.394 e. The third-order valence-corrected chi connectivity index (χ3v) is 13.8. The molecule has 0 aliphatic carbocycles. The number of rotatable bonds is 53. The van der Waals surface area contributed by atoms with E-state index >= 15 is 0 Å². The molecular weight excluding hydrogens is 767 g/mol. The quantitative estimate of drug-likeness (QED) is 0.0391. The Bertz CT molecular complexity index is 856. The highest BCUT2D eigenvalue weighted by Crippen LogP contribution is 2.19. The maximum Gasteiger partial charge on any atom is 0.249 e. The first kappa shape index (κ1) is 61.3. The van der Waals surface area contributed by atoms with Crippen molar-refractivity contribution < 1.29 is 25.2 Å². The molecule has 0 aromatic carbocycles. The number of hydrogen-bond acceptors (Lipinski definition) is 5. The summed E-state index contributed by atoms with van der Waals surface area (Å²) >= 11 is 0. The molecule has 0 spiro atoms. The van der Waals surface area contributed by atoms with Crippen LogP contribution in [0.4, 0.5) is 0 Å². The summed E-state index contributed by atoms with van der Waals surface area (Å²) in [5, 5.41) is 43.9. The van der Waals surface area contributed by atoms with Gasteiger partial charge in [-0.05, 0) is 12.8 Å². The van der Waals surface area contributed by atoms with E-state index in [0.717, 1.165) is 38.5 Å². The number of hydrogen-bond donors (Lipinski definition) is 5. The van der Waals surface area contributed by atoms with E-state index in [1.165, 1.54) is 257 Å². The Morgan fingerprint density at radius 3 is 0.774 bits per heavy atom. The van der Waals surface area contributed by atoms with E-state index in [2.05, 4.69) is 19.2 Å². The molecule has 6 nitrogen and oxygen atoms in total. The van der Waals surface area contributed by atoms with E-state index in [1.54, 1.807) is 0 Å². The lowest BCUT2D eigenvalue weighted by molar-refractivity contribution is -0.132. The fraction of sp³-hybridized carbons (Fsp3) is 0.982. The molecule has 0 saturated heterocycles. The van der Waals surface area contributed by atoms with Crippen LogP contribution in [0.1, 0.15) is 322 Å². The molecule has 4 unspecified atom stereocenters. The van der Waals surface area contributed by atoms with E-state index in [0.29, 0.717) is 12.8 Å². The summed E-state index contributed by atoms with van der Waals surface area (Å²) in [6.45, 7) is 4.09. The molecule has 0 rings (SSSR count). The zero-order chi connectivity index (χ0) is 45.2. The topological polar surface area (TPSA) is 110 Å². The second kappa shape index (κ2) is 51.3. The highest BCUT2D eigenvalue weighted by Gasteiger charge is 2.28. The first-order chi connectivity index (χ1) is 30.5. The first-order valence-corrected chi connectivity index (χ1v) is 28.4. The monoisotopic (exact) mass is 880 g/mol. The van der Waals surface area contributed by atoms with Gasteiger partial charge in [0.15, 0.2) is 0 Å². The van der Waals surface area contributed by atoms with Crippen molar-refractivity contribution >= 4 is 5.91 Å². The Labute approximate surface area is 388 Å². The Kier molecular flexibility index (Phi) is 50.7. The molecule has 0 aliphatic rings. The normalized spacial score (nSPS) is 13.7. The van der Waals surface area contributed by atoms with Crippen molar-refractivity contribution in [2.45, 2.75) is 346 Å². The zero-order valence-electron chi connectivity index (χ0n) is 42.2. The van der Waals surface area contributed by atoms with Gasteiger partial charge in [-0.1, -0.05) is 309 Å². The van der Waals surface area contributed by atoms with Crippen LogP contribution >= 0.6 is 0 Å². The molecule has 6 heteroatoms. The highest BCUT2D eigenvalue weighted by molar-refractivity contribution is 5.80. The lowest BCUT2D eigenvalue weighted by Crippen LogP contribution is -2.53. The highest BCUT2D eigenvalue weighted by atomic mass is 16.3. The maximum atomic E-state index is 12.6. The van der Waals surface area contributed by atoms with Gasteiger partial charge >= 0.3 is 0 Å². The smallest absolute Gasteiger partial charge is 0.249 e. The summed E-state index contributed by atoms with van der Waals surface area (Å²) in [5.41, 5.74) is 0. The second-order valence-electron chi connectivity index (χ2n) is 20.0. The van der Waals surface area contributed by atoms with E-state index in [9.17, 15) is 25.2 Å². The van der Waals surface area contributed by atoms with Crippen molar-refractivity contribution in [3.8, 4) is 0 Å². The molecule has 0 aliphatic heterocycles. The summed E-state index contributed by atoms with van der Waals surface area (Å²) in [4.78, 5) is 12.6. The molecule has 5 N–H and O–H groups in total. The van der Waals surface area contributed by atoms with E-state index in [1.807, 2.05) is 0 Å². The molecule has 0 saturated carbocycles. The largest absolute Gasteiger partial charge is 0.394 e. The number of carbonyl (C=O) groups excluding carboxylic acids is 1. The Morgan fingerprint density at radius 1 is 0.339 bits per heavy atom. The van der Waals surface area contributed by atoms with Crippen LogP contribution in [0.2, 0.25) is 0 Å². The van der Waals surface area contributed by atoms with Crippen molar-refractivity contribution in [1.29, 1.82) is 0 Å². The van der Waals surface area contributed by atoms with Crippen LogP contribution < -0.4 is 5.32 Å². The SMILES string of the molecule is CCCCCCCCCCCCCCCCCCCCCCCCCCCCCCCCCC(O)C(=O)NC(CO)C(O)C(O)CCCCCCCCCCCCCCCCC. The summed E-state index contributed by atoms with van der Waals surface area (Å²) < 4.78 is 0. The van der Waals surface area contributed by atoms with Crippen molar-refractivity contribution in [2.24, 2.45) is 0 Å². The molecule has 4 atom stereocenters. The number of carbonyl (C=O) groups is 1. The molecule has 1 amide bonds. The van der Waals surface area contributed by atoms with E-state index in [4.69, 9.17) is 0 Å². The van der Waals surface area contributed by atoms with Gasteiger partial charge in [0, 0.05) is 0 Å². The van der Waals surface area contributed by atoms with Gasteiger partial charge in [-0.2, -0.15) is 0 Å². The molecule has 62 heavy (non-hydrogen) atoms. The third kappa shape index (κ3) is 44.5. The zero-order valence-corrected chi connectivity index (χ0v) is 42.2. The van der Waals surface area contributed by atoms with Crippen molar-refractivity contribution in [2.75, 3.05) is 6.61 Å². The summed E-state index contributed by atoms with van der Waals surface area (Å²) in [7, 11) is 0. The van der Waals surface area contributed by atoms with Gasteiger partial charge in [-0.15, -0.1) is 0 Å². The number of aliphatic hydroxyl groups is 4. The third-order valence-electron chi connectivity index (χ3n) is 13.8. The van der Waals surface area contributed by atoms with Crippen LogP contribution in [0.15, 0.2) is 0 Å². The molecular formula is C56H113NO5. The molecule has 0 heterocycles. The van der Waals surface area contributed by atoms with Gasteiger partial charge in [-0.3, -0.25) is 4.79 Å². The van der Waals surface area contributed by atoms with Crippen LogP contribution in [-0.2, 0) is 4.79 Å². The van der Waals surface area contributed by atoms with Gasteiger partial charge in [-0.25, -0.2) is 0 Å². The molecule has 0 radical (unpaired) electrons. The number of aliphatic hydroxyl groups excluding tert-OH is 4. The lowest BCUT2D eigenvalue weighted by Gasteiger charge is -2.27. The standard InChI is InChI=1S/C56H113NO5/c1-3-5-7-9-11-13-15-17-19-20-21-22-23-24-25-26-27-28-29-30-31-32-33-34-36-38-40-42-44-46-48-50-54(60)56(62)57-52(51-58)55(61)53(59)49-47-45-43-41-39-37-35-18-16-14-12-10-8-6-4-2/h52-55,58-61H,3-51H2,1-2H3,(H,57,62). The van der Waals surface area contributed by atoms with Crippen LogP contribution in [0.25, 0.3) is 0 Å². The number of nitrogens with one attached hydrogen (secondary N) is 1. The number of amides is 1. The van der Waals surface area contributed by atoms with Crippen molar-refractivity contribution in [3.05, 3.63) is 0 Å². The predicted octanol–water partition coefficient (Wildman–Crippen LogP) is 16.3. The predicted molar refractivity (Wildman–Crippen MR) is 270 cm³/mol. The summed E-state index contributed by atoms with van der Waals surface area (Å²) in [5.74, 6) is -0.576. The Morgan fingerprint density at radius 2 is 0.548 bits per heavy atom. The van der Waals surface area contributed by atoms with Crippen LogP contribution in [0, 0.1) is 0 Å². The van der Waals surface area contributed by atoms with Gasteiger partial charge in [0.05, 0.1) is 18.8 Å². The second-order valence-corrected chi connectivity index (χ2v) is 20.0. The summed E-state index contributed by atoms with van der Waals surface area (Å²) in [6, 6.07) is -0.980. The van der Waals surface area contributed by atoms with E-state index in [-0.39, 0.29) is 0 Å².